The smallest absolute Gasteiger partial charge is 0.289 e. The van der Waals surface area contributed by atoms with Gasteiger partial charge in [0.05, 0.1) is 0 Å². The van der Waals surface area contributed by atoms with E-state index < -0.39 is 6.17 Å². The number of likely N-dealkylation sites (N-methyl/N-ethyl adjacent to an activating group) is 1. The standard InChI is InChI=1S/C18H28FN5O/c1-11-12(2)21-16(18(25)20-9-13-7-14(19)8-13)22-17(11)24-6-5-15(10-24)23(3)4/h13-15H,5-10H2,1-4H3,(H,20,25)/t13?,14?,15-/m1/s1. The normalized spacial score (nSPS) is 26.0. The molecule has 2 heterocycles. The van der Waals surface area contributed by atoms with Crippen LogP contribution in [-0.4, -0.2) is 66.7 Å². The van der Waals surface area contributed by atoms with Gasteiger partial charge in [-0.2, -0.15) is 0 Å². The number of amides is 1. The number of aromatic nitrogens is 2. The van der Waals surface area contributed by atoms with Gasteiger partial charge in [-0.1, -0.05) is 0 Å². The number of alkyl halides is 1. The third kappa shape index (κ3) is 3.92. The summed E-state index contributed by atoms with van der Waals surface area (Å²) in [5.41, 5.74) is 1.85. The number of halogens is 1. The van der Waals surface area contributed by atoms with Crippen LogP contribution >= 0.6 is 0 Å². The molecule has 1 aromatic rings. The Bertz CT molecular complexity index is 645. The topological polar surface area (TPSA) is 61.4 Å². The van der Waals surface area contributed by atoms with Crippen molar-refractivity contribution in [3.63, 3.8) is 0 Å². The number of hydrogen-bond donors (Lipinski definition) is 1. The minimum atomic E-state index is -0.703. The van der Waals surface area contributed by atoms with E-state index in [-0.39, 0.29) is 17.6 Å². The molecule has 1 aromatic heterocycles. The summed E-state index contributed by atoms with van der Waals surface area (Å²) in [6, 6.07) is 0.499. The molecule has 3 rings (SSSR count). The zero-order valence-electron chi connectivity index (χ0n) is 15.5. The lowest BCUT2D eigenvalue weighted by atomic mass is 9.83. The molecule has 0 unspecified atom stereocenters. The number of hydrogen-bond acceptors (Lipinski definition) is 5. The average molecular weight is 349 g/mol. The molecule has 0 spiro atoms. The Kier molecular flexibility index (Phi) is 5.22. The highest BCUT2D eigenvalue weighted by Gasteiger charge is 2.30. The molecule has 7 heteroatoms. The van der Waals surface area contributed by atoms with E-state index in [0.717, 1.165) is 36.6 Å². The number of nitrogens with one attached hydrogen (secondary N) is 1. The fraction of sp³-hybridized carbons (Fsp3) is 0.722. The molecule has 0 bridgehead atoms. The maximum absolute atomic E-state index is 12.9. The molecule has 1 amide bonds. The van der Waals surface area contributed by atoms with Crippen molar-refractivity contribution in [2.45, 2.75) is 45.3 Å². The second kappa shape index (κ2) is 7.23. The molecule has 1 atom stereocenters. The van der Waals surface area contributed by atoms with Crippen LogP contribution in [0.4, 0.5) is 10.2 Å². The molecule has 1 saturated heterocycles. The monoisotopic (exact) mass is 349 g/mol. The molecule has 1 N–H and O–H groups in total. The summed E-state index contributed by atoms with van der Waals surface area (Å²) in [5.74, 6) is 1.04. The van der Waals surface area contributed by atoms with Crippen LogP contribution in [0.1, 0.15) is 41.1 Å². The van der Waals surface area contributed by atoms with E-state index in [1.54, 1.807) is 0 Å². The van der Waals surface area contributed by atoms with Crippen LogP contribution in [0.25, 0.3) is 0 Å². The lowest BCUT2D eigenvalue weighted by Gasteiger charge is -2.29. The average Bonchev–Trinajstić information content (AvgIpc) is 3.02. The van der Waals surface area contributed by atoms with Crippen molar-refractivity contribution in [1.82, 2.24) is 20.2 Å². The van der Waals surface area contributed by atoms with Gasteiger partial charge in [0.1, 0.15) is 12.0 Å². The third-order valence-corrected chi connectivity index (χ3v) is 5.49. The number of nitrogens with zero attached hydrogens (tertiary/aromatic N) is 4. The van der Waals surface area contributed by atoms with Crippen molar-refractivity contribution in [1.29, 1.82) is 0 Å². The summed E-state index contributed by atoms with van der Waals surface area (Å²) < 4.78 is 12.9. The quantitative estimate of drug-likeness (QED) is 0.877. The first-order valence-corrected chi connectivity index (χ1v) is 9.04. The van der Waals surface area contributed by atoms with Crippen LogP contribution < -0.4 is 10.2 Å². The number of aryl methyl sites for hydroxylation is 1. The van der Waals surface area contributed by atoms with Gasteiger partial charge >= 0.3 is 0 Å². The Morgan fingerprint density at radius 3 is 2.64 bits per heavy atom. The molecule has 6 nitrogen and oxygen atoms in total. The first-order valence-electron chi connectivity index (χ1n) is 9.04. The third-order valence-electron chi connectivity index (χ3n) is 5.49. The van der Waals surface area contributed by atoms with E-state index in [4.69, 9.17) is 0 Å². The SMILES string of the molecule is Cc1nc(C(=O)NCC2CC(F)C2)nc(N2CC[C@@H](N(C)C)C2)c1C. The van der Waals surface area contributed by atoms with Crippen molar-refractivity contribution in [3.05, 3.63) is 17.1 Å². The summed E-state index contributed by atoms with van der Waals surface area (Å²) in [6.07, 6.45) is 1.47. The molecule has 1 aliphatic heterocycles. The molecule has 0 radical (unpaired) electrons. The fourth-order valence-electron chi connectivity index (χ4n) is 3.52. The van der Waals surface area contributed by atoms with Gasteiger partial charge in [-0.3, -0.25) is 4.79 Å². The molecule has 25 heavy (non-hydrogen) atoms. The minimum Gasteiger partial charge on any atom is -0.355 e. The van der Waals surface area contributed by atoms with E-state index in [9.17, 15) is 9.18 Å². The Balaban J connectivity index is 1.70. The fourth-order valence-corrected chi connectivity index (χ4v) is 3.52. The summed E-state index contributed by atoms with van der Waals surface area (Å²) in [7, 11) is 4.18. The van der Waals surface area contributed by atoms with E-state index in [1.165, 1.54) is 0 Å². The maximum atomic E-state index is 12.9. The Morgan fingerprint density at radius 1 is 1.32 bits per heavy atom. The molecule has 2 fully saturated rings. The van der Waals surface area contributed by atoms with E-state index in [1.807, 2.05) is 13.8 Å². The molecular formula is C18H28FN5O. The maximum Gasteiger partial charge on any atom is 0.289 e. The summed E-state index contributed by atoms with van der Waals surface area (Å²) >= 11 is 0. The summed E-state index contributed by atoms with van der Waals surface area (Å²) in [6.45, 7) is 6.26. The van der Waals surface area contributed by atoms with Gasteiger partial charge in [0.15, 0.2) is 0 Å². The second-order valence-corrected chi connectivity index (χ2v) is 7.58. The lowest BCUT2D eigenvalue weighted by Crippen LogP contribution is -2.38. The summed E-state index contributed by atoms with van der Waals surface area (Å²) in [5, 5.41) is 2.86. The highest BCUT2D eigenvalue weighted by Crippen LogP contribution is 2.29. The van der Waals surface area contributed by atoms with Crippen molar-refractivity contribution in [2.24, 2.45) is 5.92 Å². The van der Waals surface area contributed by atoms with Crippen LogP contribution in [-0.2, 0) is 0 Å². The van der Waals surface area contributed by atoms with Crippen molar-refractivity contribution in [2.75, 3.05) is 38.6 Å². The number of carbonyl (C=O) groups is 1. The van der Waals surface area contributed by atoms with Gasteiger partial charge in [0, 0.05) is 36.9 Å². The van der Waals surface area contributed by atoms with Crippen molar-refractivity contribution >= 4 is 11.7 Å². The van der Waals surface area contributed by atoms with Crippen LogP contribution in [0.5, 0.6) is 0 Å². The lowest BCUT2D eigenvalue weighted by molar-refractivity contribution is 0.0886. The van der Waals surface area contributed by atoms with Gasteiger partial charge < -0.3 is 15.1 Å². The molecular weight excluding hydrogens is 321 g/mol. The zero-order valence-corrected chi connectivity index (χ0v) is 15.5. The minimum absolute atomic E-state index is 0.211. The number of anilines is 1. The predicted molar refractivity (Wildman–Crippen MR) is 95.8 cm³/mol. The van der Waals surface area contributed by atoms with Crippen LogP contribution in [0.2, 0.25) is 0 Å². The van der Waals surface area contributed by atoms with Gasteiger partial charge in [0.25, 0.3) is 5.91 Å². The zero-order chi connectivity index (χ0) is 18.1. The van der Waals surface area contributed by atoms with Crippen molar-refractivity contribution < 1.29 is 9.18 Å². The Hall–Kier alpha value is -1.76. The first kappa shape index (κ1) is 18.0. The van der Waals surface area contributed by atoms with Crippen LogP contribution in [0, 0.1) is 19.8 Å². The van der Waals surface area contributed by atoms with Gasteiger partial charge in [-0.05, 0) is 53.1 Å². The Labute approximate surface area is 148 Å². The highest BCUT2D eigenvalue weighted by atomic mass is 19.1. The van der Waals surface area contributed by atoms with Crippen LogP contribution in [0.15, 0.2) is 0 Å². The molecule has 138 valence electrons. The molecule has 1 saturated carbocycles. The van der Waals surface area contributed by atoms with Crippen molar-refractivity contribution in [3.8, 4) is 0 Å². The predicted octanol–water partition coefficient (Wildman–Crippen LogP) is 1.71. The number of carbonyl (C=O) groups excluding carboxylic acids is 1. The first-order chi connectivity index (χ1) is 11.8. The largest absolute Gasteiger partial charge is 0.355 e. The number of rotatable bonds is 5. The van der Waals surface area contributed by atoms with Crippen LogP contribution in [0.3, 0.4) is 0 Å². The highest BCUT2D eigenvalue weighted by molar-refractivity contribution is 5.91. The van der Waals surface area contributed by atoms with Gasteiger partial charge in [0.2, 0.25) is 5.82 Å². The van der Waals surface area contributed by atoms with E-state index in [2.05, 4.69) is 39.2 Å². The molecule has 2 aliphatic rings. The molecule has 0 aromatic carbocycles. The van der Waals surface area contributed by atoms with Gasteiger partial charge in [-0.15, -0.1) is 0 Å². The summed E-state index contributed by atoms with van der Waals surface area (Å²) in [4.78, 5) is 25.8. The second-order valence-electron chi connectivity index (χ2n) is 7.58. The van der Waals surface area contributed by atoms with E-state index in [0.29, 0.717) is 25.4 Å². The van der Waals surface area contributed by atoms with Gasteiger partial charge in [-0.25, -0.2) is 14.4 Å². The molecule has 1 aliphatic carbocycles. The Morgan fingerprint density at radius 2 is 2.04 bits per heavy atom. The van der Waals surface area contributed by atoms with E-state index >= 15 is 0 Å².